The third kappa shape index (κ3) is 3.35. The van der Waals surface area contributed by atoms with Crippen molar-refractivity contribution < 1.29 is 9.52 Å². The molecule has 0 saturated carbocycles. The van der Waals surface area contributed by atoms with Gasteiger partial charge in [-0.25, -0.2) is 0 Å². The molecule has 1 aliphatic heterocycles. The summed E-state index contributed by atoms with van der Waals surface area (Å²) < 4.78 is 7.06. The first-order valence-electron chi connectivity index (χ1n) is 8.36. The van der Waals surface area contributed by atoms with E-state index in [2.05, 4.69) is 39.0 Å². The molecule has 1 saturated heterocycles. The van der Waals surface area contributed by atoms with Crippen molar-refractivity contribution in [1.82, 2.24) is 4.90 Å². The summed E-state index contributed by atoms with van der Waals surface area (Å²) in [6.45, 7) is 2.93. The molecule has 124 valence electrons. The number of fused-ring (bicyclic) bond motifs is 1. The molecule has 0 bridgehead atoms. The zero-order valence-electron chi connectivity index (χ0n) is 13.4. The fraction of sp³-hybridized carbons (Fsp3) is 0.300. The number of halogens is 1. The lowest BCUT2D eigenvalue weighted by Crippen LogP contribution is -2.33. The van der Waals surface area contributed by atoms with Gasteiger partial charge in [-0.05, 0) is 67.3 Å². The van der Waals surface area contributed by atoms with Crippen LogP contribution in [0.5, 0.6) is 5.75 Å². The summed E-state index contributed by atoms with van der Waals surface area (Å²) in [6, 6.07) is 15.9. The molecule has 0 spiro atoms. The summed E-state index contributed by atoms with van der Waals surface area (Å²) >= 11 is 3.51. The highest BCUT2D eigenvalue weighted by molar-refractivity contribution is 9.10. The minimum absolute atomic E-state index is 0.354. The Balaban J connectivity index is 1.49. The standard InChI is InChI=1S/C20H20BrNO2/c21-17-6-7-20-16(9-17)11-19(24-20)13-22-8-2-4-15(12-22)14-3-1-5-18(23)10-14/h1,3,5-7,9-11,15,23H,2,4,8,12-13H2. The van der Waals surface area contributed by atoms with Crippen LogP contribution in [0.3, 0.4) is 0 Å². The van der Waals surface area contributed by atoms with E-state index >= 15 is 0 Å². The van der Waals surface area contributed by atoms with Gasteiger partial charge in [0.15, 0.2) is 0 Å². The number of aromatic hydroxyl groups is 1. The van der Waals surface area contributed by atoms with Gasteiger partial charge in [0.05, 0.1) is 6.54 Å². The van der Waals surface area contributed by atoms with Crippen LogP contribution in [0.2, 0.25) is 0 Å². The molecule has 0 radical (unpaired) electrons. The summed E-state index contributed by atoms with van der Waals surface area (Å²) in [5.74, 6) is 1.84. The van der Waals surface area contributed by atoms with E-state index in [-0.39, 0.29) is 0 Å². The quantitative estimate of drug-likeness (QED) is 0.665. The van der Waals surface area contributed by atoms with Gasteiger partial charge in [-0.2, -0.15) is 0 Å². The number of nitrogens with zero attached hydrogens (tertiary/aromatic N) is 1. The Kier molecular flexibility index (Phi) is 4.33. The fourth-order valence-corrected chi connectivity index (χ4v) is 4.00. The molecule has 2 aromatic carbocycles. The van der Waals surface area contributed by atoms with Gasteiger partial charge in [0.1, 0.15) is 17.1 Å². The van der Waals surface area contributed by atoms with Crippen molar-refractivity contribution in [1.29, 1.82) is 0 Å². The van der Waals surface area contributed by atoms with Crippen LogP contribution in [0.1, 0.15) is 30.1 Å². The highest BCUT2D eigenvalue weighted by Crippen LogP contribution is 2.30. The van der Waals surface area contributed by atoms with E-state index in [1.807, 2.05) is 24.3 Å². The largest absolute Gasteiger partial charge is 0.508 e. The van der Waals surface area contributed by atoms with Crippen molar-refractivity contribution in [2.45, 2.75) is 25.3 Å². The van der Waals surface area contributed by atoms with E-state index in [9.17, 15) is 5.11 Å². The number of furan rings is 1. The third-order valence-electron chi connectivity index (χ3n) is 4.76. The smallest absolute Gasteiger partial charge is 0.134 e. The predicted octanol–water partition coefficient (Wildman–Crippen LogP) is 5.28. The van der Waals surface area contributed by atoms with Crippen molar-refractivity contribution >= 4 is 26.9 Å². The Hall–Kier alpha value is -1.78. The maximum Gasteiger partial charge on any atom is 0.134 e. The second-order valence-electron chi connectivity index (χ2n) is 6.56. The van der Waals surface area contributed by atoms with E-state index in [1.54, 1.807) is 6.07 Å². The van der Waals surface area contributed by atoms with Crippen LogP contribution in [-0.4, -0.2) is 23.1 Å². The highest BCUT2D eigenvalue weighted by atomic mass is 79.9. The molecule has 4 rings (SSSR count). The Morgan fingerprint density at radius 1 is 1.17 bits per heavy atom. The van der Waals surface area contributed by atoms with Crippen LogP contribution in [-0.2, 0) is 6.54 Å². The number of phenolic OH excluding ortho intramolecular Hbond substituents is 1. The van der Waals surface area contributed by atoms with Crippen LogP contribution in [0, 0.1) is 0 Å². The molecule has 1 fully saturated rings. The molecule has 1 aliphatic rings. The number of phenols is 1. The molecule has 1 atom stereocenters. The summed E-state index contributed by atoms with van der Waals surface area (Å²) in [7, 11) is 0. The van der Waals surface area contributed by atoms with E-state index < -0.39 is 0 Å². The van der Waals surface area contributed by atoms with Gasteiger partial charge in [0, 0.05) is 16.4 Å². The van der Waals surface area contributed by atoms with Crippen molar-refractivity contribution in [3.05, 3.63) is 64.3 Å². The predicted molar refractivity (Wildman–Crippen MR) is 99.3 cm³/mol. The van der Waals surface area contributed by atoms with Gasteiger partial charge >= 0.3 is 0 Å². The molecule has 24 heavy (non-hydrogen) atoms. The number of piperidine rings is 1. The summed E-state index contributed by atoms with van der Waals surface area (Å²) in [5.41, 5.74) is 2.17. The lowest BCUT2D eigenvalue weighted by molar-refractivity contribution is 0.188. The molecule has 0 aliphatic carbocycles. The molecule has 3 aromatic rings. The van der Waals surface area contributed by atoms with Gasteiger partial charge in [-0.3, -0.25) is 4.90 Å². The summed E-state index contributed by atoms with van der Waals surface area (Å²) in [5, 5.41) is 10.9. The van der Waals surface area contributed by atoms with Crippen molar-refractivity contribution in [3.8, 4) is 5.75 Å². The molecule has 1 N–H and O–H groups in total. The Bertz CT molecular complexity index is 858. The molecule has 3 nitrogen and oxygen atoms in total. The number of likely N-dealkylation sites (tertiary alicyclic amines) is 1. The average molecular weight is 386 g/mol. The van der Waals surface area contributed by atoms with E-state index in [4.69, 9.17) is 4.42 Å². The van der Waals surface area contributed by atoms with E-state index in [0.717, 1.165) is 40.8 Å². The lowest BCUT2D eigenvalue weighted by atomic mass is 9.90. The maximum atomic E-state index is 9.72. The highest BCUT2D eigenvalue weighted by Gasteiger charge is 2.22. The Labute approximate surface area is 150 Å². The van der Waals surface area contributed by atoms with Gasteiger partial charge in [0.25, 0.3) is 0 Å². The number of rotatable bonds is 3. The third-order valence-corrected chi connectivity index (χ3v) is 5.25. The first kappa shape index (κ1) is 15.7. The second-order valence-corrected chi connectivity index (χ2v) is 7.48. The van der Waals surface area contributed by atoms with Crippen LogP contribution >= 0.6 is 15.9 Å². The first-order chi connectivity index (χ1) is 11.7. The number of hydrogen-bond acceptors (Lipinski definition) is 3. The lowest BCUT2D eigenvalue weighted by Gasteiger charge is -2.32. The summed E-state index contributed by atoms with van der Waals surface area (Å²) in [4.78, 5) is 2.45. The fourth-order valence-electron chi connectivity index (χ4n) is 3.62. The monoisotopic (exact) mass is 385 g/mol. The topological polar surface area (TPSA) is 36.6 Å². The molecule has 1 unspecified atom stereocenters. The van der Waals surface area contributed by atoms with Crippen LogP contribution in [0.15, 0.2) is 57.4 Å². The Morgan fingerprint density at radius 3 is 2.96 bits per heavy atom. The van der Waals surface area contributed by atoms with Gasteiger partial charge in [0.2, 0.25) is 0 Å². The molecular formula is C20H20BrNO2. The SMILES string of the molecule is Oc1cccc(C2CCCN(Cc3cc4cc(Br)ccc4o3)C2)c1. The molecular weight excluding hydrogens is 366 g/mol. The normalized spacial score (nSPS) is 19.0. The van der Waals surface area contributed by atoms with Gasteiger partial charge in [-0.15, -0.1) is 0 Å². The molecule has 1 aromatic heterocycles. The average Bonchev–Trinajstić information content (AvgIpc) is 2.96. The minimum atomic E-state index is 0.354. The van der Waals surface area contributed by atoms with E-state index in [1.165, 1.54) is 18.4 Å². The van der Waals surface area contributed by atoms with Gasteiger partial charge in [-0.1, -0.05) is 28.1 Å². The van der Waals surface area contributed by atoms with Gasteiger partial charge < -0.3 is 9.52 Å². The van der Waals surface area contributed by atoms with Crippen molar-refractivity contribution in [2.24, 2.45) is 0 Å². The van der Waals surface area contributed by atoms with Crippen molar-refractivity contribution in [2.75, 3.05) is 13.1 Å². The second kappa shape index (κ2) is 6.61. The van der Waals surface area contributed by atoms with E-state index in [0.29, 0.717) is 11.7 Å². The van der Waals surface area contributed by atoms with Crippen LogP contribution < -0.4 is 0 Å². The summed E-state index contributed by atoms with van der Waals surface area (Å²) in [6.07, 6.45) is 2.35. The zero-order chi connectivity index (χ0) is 16.5. The number of benzene rings is 2. The van der Waals surface area contributed by atoms with Crippen LogP contribution in [0.25, 0.3) is 11.0 Å². The molecule has 0 amide bonds. The molecule has 4 heteroatoms. The van der Waals surface area contributed by atoms with Crippen molar-refractivity contribution in [3.63, 3.8) is 0 Å². The first-order valence-corrected chi connectivity index (χ1v) is 9.16. The molecule has 2 heterocycles. The minimum Gasteiger partial charge on any atom is -0.508 e. The maximum absolute atomic E-state index is 9.72. The van der Waals surface area contributed by atoms with Crippen LogP contribution in [0.4, 0.5) is 0 Å². The zero-order valence-corrected chi connectivity index (χ0v) is 15.0. The number of hydrogen-bond donors (Lipinski definition) is 1. The Morgan fingerprint density at radius 2 is 2.08 bits per heavy atom.